The van der Waals surface area contributed by atoms with Gasteiger partial charge >= 0.3 is 0 Å². The fourth-order valence-electron chi connectivity index (χ4n) is 1.11. The minimum atomic E-state index is -0.303. The molecule has 1 aromatic rings. The quantitative estimate of drug-likeness (QED) is 0.627. The molecule has 0 radical (unpaired) electrons. The normalized spacial score (nSPS) is 9.18. The smallest absolute Gasteiger partial charge is 0.252 e. The Hall–Kier alpha value is -1.55. The predicted molar refractivity (Wildman–Crippen MR) is 73.3 cm³/mol. The molecule has 88 valence electrons. The summed E-state index contributed by atoms with van der Waals surface area (Å²) in [7, 11) is 0. The number of nitrogens with one attached hydrogen (secondary N) is 2. The van der Waals surface area contributed by atoms with Crippen molar-refractivity contribution in [1.29, 1.82) is 0 Å². The van der Waals surface area contributed by atoms with Gasteiger partial charge in [0.2, 0.25) is 5.91 Å². The first-order valence-corrected chi connectivity index (χ1v) is 5.96. The summed E-state index contributed by atoms with van der Waals surface area (Å²) < 4.78 is 0.839. The van der Waals surface area contributed by atoms with E-state index in [0.717, 1.165) is 3.57 Å². The van der Waals surface area contributed by atoms with Crippen molar-refractivity contribution in [3.05, 3.63) is 33.4 Å². The number of hydrogen-bond acceptors (Lipinski definition) is 2. The van der Waals surface area contributed by atoms with Crippen molar-refractivity contribution in [3.63, 3.8) is 0 Å². The number of rotatable bonds is 4. The standard InChI is InChI=1S/C12H11IN2O2/c1-2-7-14-11(16)8-15-12(17)9-5-3-4-6-10(9)13/h1,3-6H,7-8H2,(H,14,16)(H,15,17). The van der Waals surface area contributed by atoms with Gasteiger partial charge in [0, 0.05) is 3.57 Å². The molecule has 0 saturated heterocycles. The first-order chi connectivity index (χ1) is 8.15. The van der Waals surface area contributed by atoms with E-state index >= 15 is 0 Å². The van der Waals surface area contributed by atoms with Crippen LogP contribution in [0.2, 0.25) is 0 Å². The van der Waals surface area contributed by atoms with Crippen LogP contribution in [-0.4, -0.2) is 24.9 Å². The van der Waals surface area contributed by atoms with Crippen LogP contribution < -0.4 is 10.6 Å². The molecule has 4 nitrogen and oxygen atoms in total. The summed E-state index contributed by atoms with van der Waals surface area (Å²) in [5.74, 6) is 1.71. The molecule has 0 aliphatic rings. The van der Waals surface area contributed by atoms with Crippen LogP contribution in [0.4, 0.5) is 0 Å². The van der Waals surface area contributed by atoms with E-state index in [4.69, 9.17) is 6.42 Å². The van der Waals surface area contributed by atoms with Crippen molar-refractivity contribution >= 4 is 34.4 Å². The lowest BCUT2D eigenvalue weighted by Gasteiger charge is -2.06. The van der Waals surface area contributed by atoms with Crippen molar-refractivity contribution in [2.45, 2.75) is 0 Å². The van der Waals surface area contributed by atoms with Crippen molar-refractivity contribution < 1.29 is 9.59 Å². The van der Waals surface area contributed by atoms with Crippen LogP contribution in [-0.2, 0) is 4.79 Å². The average molecular weight is 342 g/mol. The van der Waals surface area contributed by atoms with E-state index in [0.29, 0.717) is 5.56 Å². The zero-order valence-corrected chi connectivity index (χ0v) is 11.2. The summed E-state index contributed by atoms with van der Waals surface area (Å²) >= 11 is 2.07. The Balaban J connectivity index is 2.49. The SMILES string of the molecule is C#CCNC(=O)CNC(=O)c1ccccc1I. The zero-order chi connectivity index (χ0) is 12.7. The summed E-state index contributed by atoms with van der Waals surface area (Å²) in [6, 6.07) is 7.15. The molecule has 1 aromatic carbocycles. The van der Waals surface area contributed by atoms with Crippen LogP contribution >= 0.6 is 22.6 Å². The van der Waals surface area contributed by atoms with Gasteiger partial charge < -0.3 is 10.6 Å². The minimum absolute atomic E-state index is 0.0779. The van der Waals surface area contributed by atoms with Crippen molar-refractivity contribution in [1.82, 2.24) is 10.6 Å². The topological polar surface area (TPSA) is 58.2 Å². The van der Waals surface area contributed by atoms with E-state index in [1.807, 2.05) is 12.1 Å². The van der Waals surface area contributed by atoms with E-state index in [1.165, 1.54) is 0 Å². The monoisotopic (exact) mass is 342 g/mol. The maximum atomic E-state index is 11.7. The Labute approximate surface area is 113 Å². The molecule has 0 atom stereocenters. The van der Waals surface area contributed by atoms with Gasteiger partial charge in [-0.05, 0) is 34.7 Å². The molecule has 2 N–H and O–H groups in total. The lowest BCUT2D eigenvalue weighted by molar-refractivity contribution is -0.119. The molecule has 0 saturated carbocycles. The third kappa shape index (κ3) is 4.44. The van der Waals surface area contributed by atoms with Gasteiger partial charge in [0.05, 0.1) is 18.7 Å². The van der Waals surface area contributed by atoms with Gasteiger partial charge in [-0.1, -0.05) is 18.1 Å². The predicted octanol–water partition coefficient (Wildman–Crippen LogP) is 0.770. The van der Waals surface area contributed by atoms with Crippen LogP contribution in [0.5, 0.6) is 0 Å². The summed E-state index contributed by atoms with van der Waals surface area (Å²) in [4.78, 5) is 22.9. The Bertz CT molecular complexity index is 466. The number of halogens is 1. The molecule has 1 rings (SSSR count). The van der Waals surface area contributed by atoms with Crippen LogP contribution in [0.15, 0.2) is 24.3 Å². The molecular weight excluding hydrogens is 331 g/mol. The molecule has 0 aliphatic heterocycles. The molecule has 0 spiro atoms. The second kappa shape index (κ2) is 6.91. The number of benzene rings is 1. The second-order valence-corrected chi connectivity index (χ2v) is 4.31. The summed E-state index contributed by atoms with van der Waals surface area (Å²) in [5, 5.41) is 4.99. The van der Waals surface area contributed by atoms with Crippen molar-refractivity contribution in [3.8, 4) is 12.3 Å². The lowest BCUT2D eigenvalue weighted by Crippen LogP contribution is -2.37. The number of amides is 2. The van der Waals surface area contributed by atoms with Gasteiger partial charge in [0.25, 0.3) is 5.91 Å². The molecule has 0 fully saturated rings. The van der Waals surface area contributed by atoms with Crippen LogP contribution in [0.25, 0.3) is 0 Å². The van der Waals surface area contributed by atoms with Gasteiger partial charge in [0.1, 0.15) is 0 Å². The van der Waals surface area contributed by atoms with E-state index in [2.05, 4.69) is 39.1 Å². The molecule has 0 bridgehead atoms. The first-order valence-electron chi connectivity index (χ1n) is 4.88. The number of carbonyl (C=O) groups is 2. The molecular formula is C12H11IN2O2. The van der Waals surface area contributed by atoms with Gasteiger partial charge in [-0.15, -0.1) is 6.42 Å². The van der Waals surface area contributed by atoms with E-state index in [9.17, 15) is 9.59 Å². The highest BCUT2D eigenvalue weighted by Gasteiger charge is 2.09. The van der Waals surface area contributed by atoms with E-state index in [1.54, 1.807) is 12.1 Å². The lowest BCUT2D eigenvalue weighted by atomic mass is 10.2. The maximum absolute atomic E-state index is 11.7. The fourth-order valence-corrected chi connectivity index (χ4v) is 1.75. The van der Waals surface area contributed by atoms with Crippen molar-refractivity contribution in [2.75, 3.05) is 13.1 Å². The highest BCUT2D eigenvalue weighted by atomic mass is 127. The largest absolute Gasteiger partial charge is 0.344 e. The molecule has 0 aliphatic carbocycles. The molecule has 17 heavy (non-hydrogen) atoms. The van der Waals surface area contributed by atoms with Crippen LogP contribution in [0, 0.1) is 15.9 Å². The summed E-state index contributed by atoms with van der Waals surface area (Å²) in [6.45, 7) is 0.0864. The Morgan fingerprint density at radius 2 is 2.00 bits per heavy atom. The van der Waals surface area contributed by atoms with Crippen molar-refractivity contribution in [2.24, 2.45) is 0 Å². The Kier molecular flexibility index (Phi) is 5.49. The second-order valence-electron chi connectivity index (χ2n) is 3.14. The molecule has 0 unspecified atom stereocenters. The molecule has 0 heterocycles. The fraction of sp³-hybridized carbons (Fsp3) is 0.167. The van der Waals surface area contributed by atoms with E-state index in [-0.39, 0.29) is 24.9 Å². The minimum Gasteiger partial charge on any atom is -0.344 e. The highest BCUT2D eigenvalue weighted by Crippen LogP contribution is 2.10. The third-order valence-corrected chi connectivity index (χ3v) is 2.86. The summed E-state index contributed by atoms with van der Waals surface area (Å²) in [5.41, 5.74) is 0.554. The Morgan fingerprint density at radius 3 is 2.65 bits per heavy atom. The van der Waals surface area contributed by atoms with E-state index < -0.39 is 0 Å². The zero-order valence-electron chi connectivity index (χ0n) is 9.00. The average Bonchev–Trinajstić information content (AvgIpc) is 2.34. The van der Waals surface area contributed by atoms with Crippen LogP contribution in [0.3, 0.4) is 0 Å². The maximum Gasteiger partial charge on any atom is 0.252 e. The Morgan fingerprint density at radius 1 is 1.29 bits per heavy atom. The molecule has 5 heteroatoms. The van der Waals surface area contributed by atoms with Gasteiger partial charge in [0.15, 0.2) is 0 Å². The summed E-state index contributed by atoms with van der Waals surface area (Å²) in [6.07, 6.45) is 4.99. The first kappa shape index (κ1) is 13.5. The number of carbonyl (C=O) groups excluding carboxylic acids is 2. The van der Waals surface area contributed by atoms with Crippen LogP contribution in [0.1, 0.15) is 10.4 Å². The number of hydrogen-bond donors (Lipinski definition) is 2. The molecule has 0 aromatic heterocycles. The van der Waals surface area contributed by atoms with Gasteiger partial charge in [-0.3, -0.25) is 9.59 Å². The highest BCUT2D eigenvalue weighted by molar-refractivity contribution is 14.1. The number of terminal acetylenes is 1. The molecule has 2 amide bonds. The van der Waals surface area contributed by atoms with Gasteiger partial charge in [-0.2, -0.15) is 0 Å². The third-order valence-electron chi connectivity index (χ3n) is 1.92. The van der Waals surface area contributed by atoms with Gasteiger partial charge in [-0.25, -0.2) is 0 Å².